The fourth-order valence-corrected chi connectivity index (χ4v) is 2.21. The van der Waals surface area contributed by atoms with E-state index in [9.17, 15) is 4.79 Å². The van der Waals surface area contributed by atoms with Crippen molar-refractivity contribution in [3.63, 3.8) is 0 Å². The molecule has 0 atom stereocenters. The third kappa shape index (κ3) is 5.94. The van der Waals surface area contributed by atoms with Gasteiger partial charge in [0.15, 0.2) is 0 Å². The number of halogens is 1. The minimum Gasteiger partial charge on any atom is -0.493 e. The van der Waals surface area contributed by atoms with Crippen molar-refractivity contribution in [2.24, 2.45) is 0 Å². The van der Waals surface area contributed by atoms with Crippen molar-refractivity contribution in [3.05, 3.63) is 28.8 Å². The Bertz CT molecular complexity index is 487. The van der Waals surface area contributed by atoms with Crippen molar-refractivity contribution < 1.29 is 9.53 Å². The van der Waals surface area contributed by atoms with Gasteiger partial charge in [-0.3, -0.25) is 4.79 Å². The number of hydrogen-bond donors (Lipinski definition) is 2. The molecule has 0 unspecified atom stereocenters. The Morgan fingerprint density at radius 3 is 2.86 bits per heavy atom. The number of amides is 1. The monoisotopic (exact) mass is 310 g/mol. The lowest BCUT2D eigenvalue weighted by Gasteiger charge is -2.13. The molecular formula is C16H23ClN2O2. The highest BCUT2D eigenvalue weighted by Crippen LogP contribution is 2.25. The largest absolute Gasteiger partial charge is 0.493 e. The van der Waals surface area contributed by atoms with Crippen molar-refractivity contribution in [2.75, 3.05) is 6.61 Å². The minimum absolute atomic E-state index is 0.0108. The average Bonchev–Trinajstić information content (AvgIpc) is 3.21. The molecule has 1 aliphatic carbocycles. The SMILES string of the molecule is CC(C)NC(=O)CCOc1ccc(Cl)cc1CNC1CC1. The van der Waals surface area contributed by atoms with E-state index in [0.29, 0.717) is 24.1 Å². The van der Waals surface area contributed by atoms with Crippen LogP contribution < -0.4 is 15.4 Å². The molecule has 2 rings (SSSR count). The number of carbonyl (C=O) groups excluding carboxylic acids is 1. The van der Waals surface area contributed by atoms with Crippen molar-refractivity contribution in [1.82, 2.24) is 10.6 Å². The average molecular weight is 311 g/mol. The van der Waals surface area contributed by atoms with E-state index in [1.54, 1.807) is 0 Å². The molecule has 1 saturated carbocycles. The molecule has 1 amide bonds. The van der Waals surface area contributed by atoms with Crippen molar-refractivity contribution in [2.45, 2.75) is 51.7 Å². The van der Waals surface area contributed by atoms with Crippen LogP contribution in [-0.2, 0) is 11.3 Å². The fraction of sp³-hybridized carbons (Fsp3) is 0.562. The van der Waals surface area contributed by atoms with Crippen molar-refractivity contribution in [3.8, 4) is 5.75 Å². The van der Waals surface area contributed by atoms with Gasteiger partial charge in [-0.2, -0.15) is 0 Å². The van der Waals surface area contributed by atoms with Gasteiger partial charge in [0.1, 0.15) is 5.75 Å². The summed E-state index contributed by atoms with van der Waals surface area (Å²) >= 11 is 6.04. The Kier molecular flexibility index (Phi) is 5.88. The van der Waals surface area contributed by atoms with Gasteiger partial charge in [-0.1, -0.05) is 11.6 Å². The number of benzene rings is 1. The standard InChI is InChI=1S/C16H23ClN2O2/c1-11(2)19-16(20)7-8-21-15-6-3-13(17)9-12(15)10-18-14-4-5-14/h3,6,9,11,14,18H,4-5,7-8,10H2,1-2H3,(H,19,20). The summed E-state index contributed by atoms with van der Waals surface area (Å²) in [7, 11) is 0. The zero-order chi connectivity index (χ0) is 15.2. The molecule has 0 heterocycles. The van der Waals surface area contributed by atoms with Crippen molar-refractivity contribution in [1.29, 1.82) is 0 Å². The van der Waals surface area contributed by atoms with Crippen molar-refractivity contribution >= 4 is 17.5 Å². The predicted octanol–water partition coefficient (Wildman–Crippen LogP) is 2.89. The number of carbonyl (C=O) groups is 1. The van der Waals surface area contributed by atoms with Crippen LogP contribution in [0.4, 0.5) is 0 Å². The Balaban J connectivity index is 1.84. The molecule has 0 radical (unpaired) electrons. The number of ether oxygens (including phenoxy) is 1. The maximum Gasteiger partial charge on any atom is 0.223 e. The maximum absolute atomic E-state index is 11.6. The van der Waals surface area contributed by atoms with Crippen LogP contribution >= 0.6 is 11.6 Å². The highest BCUT2D eigenvalue weighted by atomic mass is 35.5. The smallest absolute Gasteiger partial charge is 0.223 e. The zero-order valence-electron chi connectivity index (χ0n) is 12.6. The first kappa shape index (κ1) is 16.1. The fourth-order valence-electron chi connectivity index (χ4n) is 2.02. The van der Waals surface area contributed by atoms with E-state index >= 15 is 0 Å². The molecule has 5 heteroatoms. The third-order valence-corrected chi connectivity index (χ3v) is 3.45. The van der Waals surface area contributed by atoms with Crippen LogP contribution in [0.3, 0.4) is 0 Å². The number of nitrogens with one attached hydrogen (secondary N) is 2. The lowest BCUT2D eigenvalue weighted by atomic mass is 10.2. The lowest BCUT2D eigenvalue weighted by Crippen LogP contribution is -2.31. The van der Waals surface area contributed by atoms with Crippen LogP contribution in [0.15, 0.2) is 18.2 Å². The van der Waals surface area contributed by atoms with Gasteiger partial charge in [0.2, 0.25) is 5.91 Å². The van der Waals surface area contributed by atoms with E-state index in [-0.39, 0.29) is 11.9 Å². The topological polar surface area (TPSA) is 50.4 Å². The summed E-state index contributed by atoms with van der Waals surface area (Å²) in [6.45, 7) is 5.01. The van der Waals surface area contributed by atoms with Crippen LogP contribution in [0.1, 0.15) is 38.7 Å². The Labute approximate surface area is 131 Å². The molecule has 21 heavy (non-hydrogen) atoms. The van der Waals surface area contributed by atoms with Gasteiger partial charge in [0.05, 0.1) is 13.0 Å². The van der Waals surface area contributed by atoms with E-state index in [2.05, 4.69) is 10.6 Å². The minimum atomic E-state index is 0.0108. The third-order valence-electron chi connectivity index (χ3n) is 3.22. The maximum atomic E-state index is 11.6. The Morgan fingerprint density at radius 1 is 1.43 bits per heavy atom. The summed E-state index contributed by atoms with van der Waals surface area (Å²) in [5.74, 6) is 0.807. The first-order valence-electron chi connectivity index (χ1n) is 7.48. The van der Waals surface area contributed by atoms with Gasteiger partial charge < -0.3 is 15.4 Å². The first-order chi connectivity index (χ1) is 10.0. The van der Waals surface area contributed by atoms with Gasteiger partial charge in [0, 0.05) is 29.2 Å². The van der Waals surface area contributed by atoms with E-state index in [1.807, 2.05) is 32.0 Å². The molecule has 1 aromatic carbocycles. The molecule has 4 nitrogen and oxygen atoms in total. The van der Waals surface area contributed by atoms with Gasteiger partial charge in [0.25, 0.3) is 0 Å². The van der Waals surface area contributed by atoms with Gasteiger partial charge in [-0.15, -0.1) is 0 Å². The normalized spacial score (nSPS) is 14.3. The van der Waals surface area contributed by atoms with Gasteiger partial charge >= 0.3 is 0 Å². The Morgan fingerprint density at radius 2 is 2.19 bits per heavy atom. The van der Waals surface area contributed by atoms with Gasteiger partial charge in [-0.05, 0) is 44.9 Å². The predicted molar refractivity (Wildman–Crippen MR) is 84.7 cm³/mol. The lowest BCUT2D eigenvalue weighted by molar-refractivity contribution is -0.122. The highest BCUT2D eigenvalue weighted by molar-refractivity contribution is 6.30. The molecule has 1 fully saturated rings. The van der Waals surface area contributed by atoms with E-state index in [0.717, 1.165) is 17.9 Å². The number of rotatable bonds is 8. The molecule has 2 N–H and O–H groups in total. The summed E-state index contributed by atoms with van der Waals surface area (Å²) in [6.07, 6.45) is 2.84. The zero-order valence-corrected chi connectivity index (χ0v) is 13.4. The quantitative estimate of drug-likeness (QED) is 0.776. The second kappa shape index (κ2) is 7.66. The van der Waals surface area contributed by atoms with E-state index in [1.165, 1.54) is 12.8 Å². The first-order valence-corrected chi connectivity index (χ1v) is 7.86. The van der Waals surface area contributed by atoms with Gasteiger partial charge in [-0.25, -0.2) is 0 Å². The summed E-state index contributed by atoms with van der Waals surface area (Å²) in [4.78, 5) is 11.6. The molecule has 0 aliphatic heterocycles. The molecular weight excluding hydrogens is 288 g/mol. The second-order valence-corrected chi connectivity index (χ2v) is 6.16. The molecule has 0 saturated heterocycles. The summed E-state index contributed by atoms with van der Waals surface area (Å²) < 4.78 is 5.74. The second-order valence-electron chi connectivity index (χ2n) is 5.73. The van der Waals surface area contributed by atoms with Crippen LogP contribution in [0.25, 0.3) is 0 Å². The molecule has 1 aromatic rings. The summed E-state index contributed by atoms with van der Waals surface area (Å²) in [5, 5.41) is 7.00. The summed E-state index contributed by atoms with van der Waals surface area (Å²) in [5.41, 5.74) is 1.04. The van der Waals surface area contributed by atoms with E-state index in [4.69, 9.17) is 16.3 Å². The Hall–Kier alpha value is -1.26. The van der Waals surface area contributed by atoms with E-state index < -0.39 is 0 Å². The molecule has 116 valence electrons. The number of hydrogen-bond acceptors (Lipinski definition) is 3. The molecule has 0 spiro atoms. The molecule has 0 aromatic heterocycles. The van der Waals surface area contributed by atoms with Crippen LogP contribution in [0, 0.1) is 0 Å². The molecule has 1 aliphatic rings. The summed E-state index contributed by atoms with van der Waals surface area (Å²) in [6, 6.07) is 6.39. The van der Waals surface area contributed by atoms with Crippen LogP contribution in [0.5, 0.6) is 5.75 Å². The van der Waals surface area contributed by atoms with Crippen LogP contribution in [0.2, 0.25) is 5.02 Å². The molecule has 0 bridgehead atoms. The van der Waals surface area contributed by atoms with Crippen LogP contribution in [-0.4, -0.2) is 24.6 Å². The highest BCUT2D eigenvalue weighted by Gasteiger charge is 2.20.